The number of carbonyl (C=O) groups is 2. The highest BCUT2D eigenvalue weighted by Crippen LogP contribution is 2.31. The molecular formula is C28H24ClNO5. The van der Waals surface area contributed by atoms with Crippen LogP contribution in [0.2, 0.25) is 5.02 Å². The van der Waals surface area contributed by atoms with Gasteiger partial charge >= 0.3 is 11.9 Å². The zero-order chi connectivity index (χ0) is 25.2. The Morgan fingerprint density at radius 1 is 1.00 bits per heavy atom. The molecule has 0 aliphatic carbocycles. The van der Waals surface area contributed by atoms with E-state index in [0.717, 1.165) is 5.56 Å². The molecule has 0 N–H and O–H groups in total. The van der Waals surface area contributed by atoms with Crippen LogP contribution in [0.4, 0.5) is 0 Å². The first-order chi connectivity index (χ1) is 16.7. The minimum Gasteiger partial charge on any atom is -0.493 e. The van der Waals surface area contributed by atoms with Crippen LogP contribution in [0, 0.1) is 0 Å². The quantitative estimate of drug-likeness (QED) is 0.242. The molecule has 0 atom stereocenters. The van der Waals surface area contributed by atoms with Gasteiger partial charge in [0.2, 0.25) is 5.90 Å². The SMILES string of the molecule is COc1cc(/C=C2\N=C(c3ccccc3Cl)OC2=O)ccc1OC(=O)c1ccc(C(C)(C)C)cc1. The van der Waals surface area contributed by atoms with Gasteiger partial charge in [0.25, 0.3) is 0 Å². The van der Waals surface area contributed by atoms with Gasteiger partial charge in [0.05, 0.1) is 23.3 Å². The Hall–Kier alpha value is -3.90. The van der Waals surface area contributed by atoms with E-state index in [2.05, 4.69) is 25.8 Å². The van der Waals surface area contributed by atoms with Crippen LogP contribution < -0.4 is 9.47 Å². The maximum absolute atomic E-state index is 12.7. The van der Waals surface area contributed by atoms with Gasteiger partial charge in [-0.1, -0.05) is 62.7 Å². The normalized spacial score (nSPS) is 14.5. The Labute approximate surface area is 208 Å². The molecule has 1 aliphatic heterocycles. The molecule has 6 nitrogen and oxygen atoms in total. The first kappa shape index (κ1) is 24.2. The molecule has 0 radical (unpaired) electrons. The lowest BCUT2D eigenvalue weighted by atomic mass is 9.87. The predicted octanol–water partition coefficient (Wildman–Crippen LogP) is 6.21. The molecule has 0 unspecified atom stereocenters. The van der Waals surface area contributed by atoms with E-state index in [1.54, 1.807) is 60.7 Å². The van der Waals surface area contributed by atoms with Gasteiger partial charge in [-0.15, -0.1) is 0 Å². The Balaban J connectivity index is 1.55. The van der Waals surface area contributed by atoms with Crippen molar-refractivity contribution >= 4 is 35.5 Å². The number of ether oxygens (including phenoxy) is 3. The van der Waals surface area contributed by atoms with E-state index in [-0.39, 0.29) is 22.8 Å². The van der Waals surface area contributed by atoms with Crippen LogP contribution in [0.25, 0.3) is 6.08 Å². The number of hydrogen-bond donors (Lipinski definition) is 0. The average molecular weight is 490 g/mol. The number of rotatable bonds is 5. The second kappa shape index (κ2) is 9.76. The van der Waals surface area contributed by atoms with Crippen molar-refractivity contribution < 1.29 is 23.8 Å². The Morgan fingerprint density at radius 2 is 1.71 bits per heavy atom. The summed E-state index contributed by atoms with van der Waals surface area (Å²) in [5, 5.41) is 0.432. The topological polar surface area (TPSA) is 74.2 Å². The largest absolute Gasteiger partial charge is 0.493 e. The van der Waals surface area contributed by atoms with E-state index < -0.39 is 11.9 Å². The van der Waals surface area contributed by atoms with Gasteiger partial charge in [0.15, 0.2) is 17.2 Å². The van der Waals surface area contributed by atoms with E-state index in [9.17, 15) is 9.59 Å². The standard InChI is InChI=1S/C28H24ClNO5/c1-28(2,3)19-12-10-18(11-13-19)26(31)34-23-14-9-17(16-24(23)33-4)15-22-27(32)35-25(30-22)20-7-5-6-8-21(20)29/h5-16H,1-4H3/b22-15-. The number of benzene rings is 3. The molecule has 1 aliphatic rings. The van der Waals surface area contributed by atoms with Crippen molar-refractivity contribution in [2.24, 2.45) is 4.99 Å². The monoisotopic (exact) mass is 489 g/mol. The van der Waals surface area contributed by atoms with Crippen LogP contribution >= 0.6 is 11.6 Å². The summed E-state index contributed by atoms with van der Waals surface area (Å²) in [6.45, 7) is 6.32. The Kier molecular flexibility index (Phi) is 6.76. The van der Waals surface area contributed by atoms with Crippen LogP contribution in [0.3, 0.4) is 0 Å². The molecule has 0 bridgehead atoms. The average Bonchev–Trinajstić information content (AvgIpc) is 3.19. The zero-order valence-corrected chi connectivity index (χ0v) is 20.6. The molecule has 178 valence electrons. The molecule has 4 rings (SSSR count). The van der Waals surface area contributed by atoms with Gasteiger partial charge in [0.1, 0.15) is 0 Å². The summed E-state index contributed by atoms with van der Waals surface area (Å²) in [7, 11) is 1.47. The summed E-state index contributed by atoms with van der Waals surface area (Å²) in [6, 6.07) is 19.2. The minimum atomic E-state index is -0.590. The van der Waals surface area contributed by atoms with Crippen molar-refractivity contribution in [3.8, 4) is 11.5 Å². The van der Waals surface area contributed by atoms with Crippen LogP contribution in [0.1, 0.15) is 47.8 Å². The number of cyclic esters (lactones) is 1. The lowest BCUT2D eigenvalue weighted by Crippen LogP contribution is -2.13. The summed E-state index contributed by atoms with van der Waals surface area (Å²) >= 11 is 6.18. The summed E-state index contributed by atoms with van der Waals surface area (Å²) in [5.74, 6) is -0.354. The summed E-state index contributed by atoms with van der Waals surface area (Å²) < 4.78 is 16.3. The lowest BCUT2D eigenvalue weighted by molar-refractivity contribution is -0.129. The summed E-state index contributed by atoms with van der Waals surface area (Å²) in [5.41, 5.74) is 2.80. The van der Waals surface area contributed by atoms with E-state index in [0.29, 0.717) is 27.5 Å². The van der Waals surface area contributed by atoms with E-state index in [4.69, 9.17) is 25.8 Å². The molecular weight excluding hydrogens is 466 g/mol. The number of esters is 2. The molecule has 1 heterocycles. The molecule has 7 heteroatoms. The molecule has 3 aromatic rings. The van der Waals surface area contributed by atoms with E-state index in [1.165, 1.54) is 7.11 Å². The zero-order valence-electron chi connectivity index (χ0n) is 19.8. The maximum atomic E-state index is 12.7. The summed E-state index contributed by atoms with van der Waals surface area (Å²) in [6.07, 6.45) is 1.56. The smallest absolute Gasteiger partial charge is 0.363 e. The fourth-order valence-electron chi connectivity index (χ4n) is 3.44. The highest BCUT2D eigenvalue weighted by molar-refractivity contribution is 6.34. The predicted molar refractivity (Wildman–Crippen MR) is 135 cm³/mol. The first-order valence-corrected chi connectivity index (χ1v) is 11.3. The Bertz CT molecular complexity index is 1350. The van der Waals surface area contributed by atoms with Crippen LogP contribution in [0.5, 0.6) is 11.5 Å². The molecule has 0 fully saturated rings. The molecule has 0 amide bonds. The van der Waals surface area contributed by atoms with Crippen molar-refractivity contribution in [3.05, 3.63) is 99.7 Å². The van der Waals surface area contributed by atoms with Gasteiger partial charge in [-0.05, 0) is 59.0 Å². The van der Waals surface area contributed by atoms with Crippen molar-refractivity contribution in [3.63, 3.8) is 0 Å². The third-order valence-corrected chi connectivity index (χ3v) is 5.73. The van der Waals surface area contributed by atoms with E-state index in [1.807, 2.05) is 12.1 Å². The van der Waals surface area contributed by atoms with Crippen LogP contribution in [-0.4, -0.2) is 24.9 Å². The molecule has 0 spiro atoms. The highest BCUT2D eigenvalue weighted by Gasteiger charge is 2.25. The third-order valence-electron chi connectivity index (χ3n) is 5.41. The van der Waals surface area contributed by atoms with E-state index >= 15 is 0 Å². The number of carbonyl (C=O) groups excluding carboxylic acids is 2. The maximum Gasteiger partial charge on any atom is 0.363 e. The lowest BCUT2D eigenvalue weighted by Gasteiger charge is -2.19. The number of methoxy groups -OCH3 is 1. The third kappa shape index (κ3) is 5.44. The van der Waals surface area contributed by atoms with Gasteiger partial charge < -0.3 is 14.2 Å². The first-order valence-electron chi connectivity index (χ1n) is 10.9. The number of halogens is 1. The molecule has 35 heavy (non-hydrogen) atoms. The number of hydrogen-bond acceptors (Lipinski definition) is 6. The fraction of sp³-hybridized carbons (Fsp3) is 0.179. The highest BCUT2D eigenvalue weighted by atomic mass is 35.5. The Morgan fingerprint density at radius 3 is 2.37 bits per heavy atom. The van der Waals surface area contributed by atoms with Crippen molar-refractivity contribution in [2.75, 3.05) is 7.11 Å². The van der Waals surface area contributed by atoms with Gasteiger partial charge in [-0.2, -0.15) is 0 Å². The van der Waals surface area contributed by atoms with Gasteiger partial charge in [0, 0.05) is 0 Å². The van der Waals surface area contributed by atoms with Crippen LogP contribution in [-0.2, 0) is 14.9 Å². The second-order valence-corrected chi connectivity index (χ2v) is 9.35. The van der Waals surface area contributed by atoms with Crippen molar-refractivity contribution in [1.82, 2.24) is 0 Å². The summed E-state index contributed by atoms with van der Waals surface area (Å²) in [4.78, 5) is 29.3. The molecule has 3 aromatic carbocycles. The van der Waals surface area contributed by atoms with Crippen molar-refractivity contribution in [1.29, 1.82) is 0 Å². The number of aliphatic imine (C=N–C) groups is 1. The fourth-order valence-corrected chi connectivity index (χ4v) is 3.66. The molecule has 0 saturated heterocycles. The van der Waals surface area contributed by atoms with Gasteiger partial charge in [-0.3, -0.25) is 0 Å². The minimum absolute atomic E-state index is 0.0140. The van der Waals surface area contributed by atoms with Gasteiger partial charge in [-0.25, -0.2) is 14.6 Å². The van der Waals surface area contributed by atoms with Crippen molar-refractivity contribution in [2.45, 2.75) is 26.2 Å². The molecule has 0 saturated carbocycles. The van der Waals surface area contributed by atoms with Crippen LogP contribution in [0.15, 0.2) is 77.4 Å². The number of nitrogens with zero attached hydrogens (tertiary/aromatic N) is 1. The molecule has 0 aromatic heterocycles. The second-order valence-electron chi connectivity index (χ2n) is 8.94.